The summed E-state index contributed by atoms with van der Waals surface area (Å²) < 4.78 is 10.0. The van der Waals surface area contributed by atoms with Gasteiger partial charge in [-0.25, -0.2) is 9.78 Å². The van der Waals surface area contributed by atoms with Crippen molar-refractivity contribution in [3.63, 3.8) is 0 Å². The van der Waals surface area contributed by atoms with Gasteiger partial charge in [-0.3, -0.25) is 10.1 Å². The van der Waals surface area contributed by atoms with Crippen molar-refractivity contribution in [3.05, 3.63) is 46.5 Å². The number of ether oxygens (including phenoxy) is 1. The molecular weight excluding hydrogens is 330 g/mol. The maximum Gasteiger partial charge on any atom is 0.354 e. The van der Waals surface area contributed by atoms with E-state index in [-0.39, 0.29) is 5.91 Å². The van der Waals surface area contributed by atoms with Crippen LogP contribution in [0.2, 0.25) is 0 Å². The predicted octanol–water partition coefficient (Wildman–Crippen LogP) is 3.39. The summed E-state index contributed by atoms with van der Waals surface area (Å²) in [5, 5.41) is 5.02. The van der Waals surface area contributed by atoms with Gasteiger partial charge < -0.3 is 14.1 Å². The molecule has 0 spiro atoms. The molecule has 8 heteroatoms. The first kappa shape index (κ1) is 16.0. The van der Waals surface area contributed by atoms with Gasteiger partial charge >= 0.3 is 5.97 Å². The van der Waals surface area contributed by atoms with Crippen LogP contribution < -0.4 is 5.32 Å². The van der Waals surface area contributed by atoms with Crippen LogP contribution >= 0.6 is 11.3 Å². The Morgan fingerprint density at radius 3 is 2.79 bits per heavy atom. The van der Waals surface area contributed by atoms with Crippen molar-refractivity contribution in [1.82, 2.24) is 9.97 Å². The number of carbonyl (C=O) groups is 2. The van der Waals surface area contributed by atoms with Gasteiger partial charge in [0, 0.05) is 17.1 Å². The zero-order chi connectivity index (χ0) is 17.3. The van der Waals surface area contributed by atoms with Gasteiger partial charge in [0.05, 0.1) is 18.4 Å². The molecule has 0 saturated carbocycles. The first-order valence-corrected chi connectivity index (χ1v) is 7.97. The zero-order valence-electron chi connectivity index (χ0n) is 13.3. The number of thiazole rings is 1. The molecule has 0 aliphatic rings. The van der Waals surface area contributed by atoms with Crippen LogP contribution in [-0.4, -0.2) is 29.0 Å². The summed E-state index contributed by atoms with van der Waals surface area (Å²) in [6, 6.07) is 3.34. The molecule has 0 aliphatic heterocycles. The van der Waals surface area contributed by atoms with Crippen molar-refractivity contribution in [1.29, 1.82) is 0 Å². The normalized spacial score (nSPS) is 10.6. The zero-order valence-corrected chi connectivity index (χ0v) is 14.1. The van der Waals surface area contributed by atoms with Crippen LogP contribution in [0.4, 0.5) is 5.13 Å². The summed E-state index contributed by atoms with van der Waals surface area (Å²) in [5.41, 5.74) is 2.22. The number of aromatic amines is 1. The van der Waals surface area contributed by atoms with E-state index in [1.807, 2.05) is 0 Å². The second-order valence-electron chi connectivity index (χ2n) is 5.11. The lowest BCUT2D eigenvalue weighted by Crippen LogP contribution is -2.11. The topological polar surface area (TPSA) is 97.2 Å². The molecule has 0 radical (unpaired) electrons. The minimum Gasteiger partial charge on any atom is -0.466 e. The number of anilines is 1. The number of hydrogen-bond donors (Lipinski definition) is 2. The SMILES string of the molecule is COC(=O)c1cc(-c2csc(NC(=O)c3cc(C)oc3C)n2)c[nH]1. The third kappa shape index (κ3) is 3.09. The number of furan rings is 1. The number of nitrogens with one attached hydrogen (secondary N) is 2. The molecule has 1 amide bonds. The van der Waals surface area contributed by atoms with Crippen molar-refractivity contribution in [2.75, 3.05) is 12.4 Å². The van der Waals surface area contributed by atoms with Crippen molar-refractivity contribution in [2.45, 2.75) is 13.8 Å². The average molecular weight is 345 g/mol. The lowest BCUT2D eigenvalue weighted by molar-refractivity contribution is 0.0594. The minimum absolute atomic E-state index is 0.269. The summed E-state index contributed by atoms with van der Waals surface area (Å²) in [6.45, 7) is 3.53. The molecular formula is C16H15N3O4S. The molecule has 0 aliphatic carbocycles. The van der Waals surface area contributed by atoms with Crippen LogP contribution in [0.15, 0.2) is 28.1 Å². The Morgan fingerprint density at radius 1 is 1.33 bits per heavy atom. The number of nitrogens with zero attached hydrogens (tertiary/aromatic N) is 1. The first-order chi connectivity index (χ1) is 11.5. The highest BCUT2D eigenvalue weighted by molar-refractivity contribution is 7.14. The summed E-state index contributed by atoms with van der Waals surface area (Å²) in [5.74, 6) is 0.528. The maximum absolute atomic E-state index is 12.3. The standard InChI is InChI=1S/C16H15N3O4S/c1-8-4-11(9(2)23-8)14(20)19-16-18-13(7-24-16)10-5-12(17-6-10)15(21)22-3/h4-7,17H,1-3H3,(H,18,19,20). The van der Waals surface area contributed by atoms with Gasteiger partial charge in [0.2, 0.25) is 0 Å². The molecule has 0 bridgehead atoms. The number of esters is 1. The highest BCUT2D eigenvalue weighted by Gasteiger charge is 2.16. The van der Waals surface area contributed by atoms with Crippen LogP contribution in [0.3, 0.4) is 0 Å². The smallest absolute Gasteiger partial charge is 0.354 e. The highest BCUT2D eigenvalue weighted by Crippen LogP contribution is 2.26. The van der Waals surface area contributed by atoms with Crippen LogP contribution in [0.25, 0.3) is 11.3 Å². The number of aromatic nitrogens is 2. The molecule has 0 saturated heterocycles. The molecule has 24 heavy (non-hydrogen) atoms. The lowest BCUT2D eigenvalue weighted by atomic mass is 10.2. The summed E-state index contributed by atoms with van der Waals surface area (Å²) in [7, 11) is 1.32. The fourth-order valence-corrected chi connectivity index (χ4v) is 2.97. The lowest BCUT2D eigenvalue weighted by Gasteiger charge is -1.99. The van der Waals surface area contributed by atoms with Gasteiger partial charge in [-0.05, 0) is 26.0 Å². The fourth-order valence-electron chi connectivity index (χ4n) is 2.25. The van der Waals surface area contributed by atoms with Crippen molar-refractivity contribution >= 4 is 28.3 Å². The number of amides is 1. The second-order valence-corrected chi connectivity index (χ2v) is 5.97. The number of rotatable bonds is 4. The number of hydrogen-bond acceptors (Lipinski definition) is 6. The third-order valence-electron chi connectivity index (χ3n) is 3.39. The molecule has 0 unspecified atom stereocenters. The average Bonchev–Trinajstić information content (AvgIpc) is 3.26. The largest absolute Gasteiger partial charge is 0.466 e. The fraction of sp³-hybridized carbons (Fsp3) is 0.188. The highest BCUT2D eigenvalue weighted by atomic mass is 32.1. The van der Waals surface area contributed by atoms with Gasteiger partial charge in [0.1, 0.15) is 17.2 Å². The molecule has 2 N–H and O–H groups in total. The minimum atomic E-state index is -0.448. The van der Waals surface area contributed by atoms with E-state index in [0.29, 0.717) is 33.6 Å². The van der Waals surface area contributed by atoms with Crippen LogP contribution in [-0.2, 0) is 4.74 Å². The van der Waals surface area contributed by atoms with E-state index in [2.05, 4.69) is 20.0 Å². The molecule has 3 heterocycles. The van der Waals surface area contributed by atoms with E-state index in [1.54, 1.807) is 37.6 Å². The first-order valence-electron chi connectivity index (χ1n) is 7.09. The number of H-pyrrole nitrogens is 1. The Bertz CT molecular complexity index is 906. The second kappa shape index (κ2) is 6.32. The summed E-state index contributed by atoms with van der Waals surface area (Å²) in [4.78, 5) is 30.9. The van der Waals surface area contributed by atoms with E-state index in [0.717, 1.165) is 5.56 Å². The third-order valence-corrected chi connectivity index (χ3v) is 4.15. The van der Waals surface area contributed by atoms with Gasteiger partial charge in [-0.15, -0.1) is 11.3 Å². The molecule has 124 valence electrons. The molecule has 0 aromatic carbocycles. The number of aryl methyl sites for hydroxylation is 2. The monoisotopic (exact) mass is 345 g/mol. The molecule has 0 fully saturated rings. The Morgan fingerprint density at radius 2 is 2.12 bits per heavy atom. The molecule has 0 atom stereocenters. The Hall–Kier alpha value is -2.87. The number of methoxy groups -OCH3 is 1. The molecule has 3 aromatic heterocycles. The Kier molecular flexibility index (Phi) is 4.22. The van der Waals surface area contributed by atoms with Crippen molar-refractivity contribution < 1.29 is 18.7 Å². The predicted molar refractivity (Wildman–Crippen MR) is 89.4 cm³/mol. The van der Waals surface area contributed by atoms with Gasteiger partial charge in [-0.2, -0.15) is 0 Å². The van der Waals surface area contributed by atoms with Crippen molar-refractivity contribution in [2.24, 2.45) is 0 Å². The van der Waals surface area contributed by atoms with E-state index in [9.17, 15) is 9.59 Å². The van der Waals surface area contributed by atoms with Crippen LogP contribution in [0, 0.1) is 13.8 Å². The van der Waals surface area contributed by atoms with Crippen molar-refractivity contribution in [3.8, 4) is 11.3 Å². The van der Waals surface area contributed by atoms with Gasteiger partial charge in [-0.1, -0.05) is 0 Å². The maximum atomic E-state index is 12.3. The molecule has 7 nitrogen and oxygen atoms in total. The van der Waals surface area contributed by atoms with E-state index in [4.69, 9.17) is 4.42 Å². The molecule has 3 rings (SSSR count). The van der Waals surface area contributed by atoms with Crippen LogP contribution in [0.1, 0.15) is 32.4 Å². The quantitative estimate of drug-likeness (QED) is 0.707. The van der Waals surface area contributed by atoms with E-state index < -0.39 is 5.97 Å². The van der Waals surface area contributed by atoms with E-state index >= 15 is 0 Å². The van der Waals surface area contributed by atoms with Gasteiger partial charge in [0.25, 0.3) is 5.91 Å². The molecule has 3 aromatic rings. The Labute approximate surface area is 141 Å². The van der Waals surface area contributed by atoms with Crippen LogP contribution in [0.5, 0.6) is 0 Å². The van der Waals surface area contributed by atoms with Gasteiger partial charge in [0.15, 0.2) is 5.13 Å². The van der Waals surface area contributed by atoms with E-state index in [1.165, 1.54) is 18.4 Å². The summed E-state index contributed by atoms with van der Waals surface area (Å²) in [6.07, 6.45) is 1.66. The number of carbonyl (C=O) groups excluding carboxylic acids is 2. The summed E-state index contributed by atoms with van der Waals surface area (Å²) >= 11 is 1.30. The Balaban J connectivity index is 1.76.